The Morgan fingerprint density at radius 1 is 0.792 bits per heavy atom. The Hall–Kier alpha value is -2.96. The number of nitro benzene ring substituents is 1. The van der Waals surface area contributed by atoms with E-state index in [-0.39, 0.29) is 11.2 Å². The lowest BCUT2D eigenvalue weighted by molar-refractivity contribution is -0.381. The number of nitro groups is 1. The summed E-state index contributed by atoms with van der Waals surface area (Å²) in [5.41, 5.74) is -0.331. The molecule has 0 aliphatic heterocycles. The summed E-state index contributed by atoms with van der Waals surface area (Å²) in [4.78, 5) is 11.2. The SMILES string of the molecule is O=[N+]([O-])c1c(B(O)O)c2ccccc2c2c1ccc1ccccc12. The molecule has 116 valence electrons. The molecule has 0 bridgehead atoms. The zero-order valence-corrected chi connectivity index (χ0v) is 12.5. The normalized spacial score (nSPS) is 11.2. The molecule has 0 unspecified atom stereocenters. The predicted octanol–water partition coefficient (Wildman–Crippen LogP) is 2.73. The van der Waals surface area contributed by atoms with Crippen LogP contribution < -0.4 is 5.46 Å². The Labute approximate surface area is 137 Å². The fourth-order valence-electron chi connectivity index (χ4n) is 3.43. The number of hydrogen-bond acceptors (Lipinski definition) is 4. The van der Waals surface area contributed by atoms with E-state index in [1.807, 2.05) is 42.5 Å². The molecule has 0 saturated heterocycles. The maximum atomic E-state index is 11.7. The first-order valence-electron chi connectivity index (χ1n) is 7.46. The van der Waals surface area contributed by atoms with Gasteiger partial charge in [0.2, 0.25) is 0 Å². The molecule has 5 nitrogen and oxygen atoms in total. The van der Waals surface area contributed by atoms with Crippen LogP contribution in [0, 0.1) is 10.1 Å². The van der Waals surface area contributed by atoms with Gasteiger partial charge in [-0.15, -0.1) is 0 Å². The summed E-state index contributed by atoms with van der Waals surface area (Å²) in [7, 11) is -1.92. The van der Waals surface area contributed by atoms with E-state index in [1.54, 1.807) is 18.2 Å². The van der Waals surface area contributed by atoms with Crippen LogP contribution >= 0.6 is 0 Å². The van der Waals surface area contributed by atoms with E-state index >= 15 is 0 Å². The van der Waals surface area contributed by atoms with Crippen molar-refractivity contribution in [2.45, 2.75) is 0 Å². The van der Waals surface area contributed by atoms with Crippen LogP contribution in [0.2, 0.25) is 0 Å². The Morgan fingerprint density at radius 2 is 1.42 bits per heavy atom. The largest absolute Gasteiger partial charge is 0.496 e. The van der Waals surface area contributed by atoms with Gasteiger partial charge in [0.1, 0.15) is 0 Å². The van der Waals surface area contributed by atoms with Crippen molar-refractivity contribution in [1.29, 1.82) is 0 Å². The van der Waals surface area contributed by atoms with Gasteiger partial charge in [0.05, 0.1) is 15.8 Å². The topological polar surface area (TPSA) is 83.6 Å². The molecule has 0 heterocycles. The van der Waals surface area contributed by atoms with E-state index in [9.17, 15) is 20.2 Å². The molecule has 0 atom stereocenters. The number of nitrogens with zero attached hydrogens (tertiary/aromatic N) is 1. The van der Waals surface area contributed by atoms with E-state index in [0.29, 0.717) is 10.8 Å². The molecule has 0 spiro atoms. The average molecular weight is 317 g/mol. The van der Waals surface area contributed by atoms with Gasteiger partial charge < -0.3 is 10.0 Å². The number of fused-ring (bicyclic) bond motifs is 5. The molecule has 0 amide bonds. The minimum atomic E-state index is -1.92. The molecule has 0 aromatic heterocycles. The van der Waals surface area contributed by atoms with Gasteiger partial charge in [-0.1, -0.05) is 54.6 Å². The van der Waals surface area contributed by atoms with Gasteiger partial charge in [-0.2, -0.15) is 0 Å². The molecular weight excluding hydrogens is 305 g/mol. The van der Waals surface area contributed by atoms with Crippen molar-refractivity contribution in [3.05, 3.63) is 70.8 Å². The molecule has 24 heavy (non-hydrogen) atoms. The molecule has 0 saturated carbocycles. The third-order valence-corrected chi connectivity index (χ3v) is 4.37. The van der Waals surface area contributed by atoms with Gasteiger partial charge in [0.25, 0.3) is 5.69 Å². The number of benzene rings is 4. The fraction of sp³-hybridized carbons (Fsp3) is 0. The Morgan fingerprint density at radius 3 is 2.08 bits per heavy atom. The van der Waals surface area contributed by atoms with Crippen LogP contribution in [0.3, 0.4) is 0 Å². The van der Waals surface area contributed by atoms with Crippen molar-refractivity contribution in [3.63, 3.8) is 0 Å². The minimum absolute atomic E-state index is 0.0709. The molecule has 4 rings (SSSR count). The van der Waals surface area contributed by atoms with Crippen molar-refractivity contribution in [3.8, 4) is 0 Å². The lowest BCUT2D eigenvalue weighted by atomic mass is 9.74. The minimum Gasteiger partial charge on any atom is -0.423 e. The molecule has 0 aliphatic rings. The van der Waals surface area contributed by atoms with Crippen LogP contribution in [0.5, 0.6) is 0 Å². The van der Waals surface area contributed by atoms with Gasteiger partial charge in [0.15, 0.2) is 0 Å². The van der Waals surface area contributed by atoms with Crippen molar-refractivity contribution in [2.75, 3.05) is 0 Å². The van der Waals surface area contributed by atoms with E-state index in [2.05, 4.69) is 0 Å². The van der Waals surface area contributed by atoms with Gasteiger partial charge in [-0.05, 0) is 27.6 Å². The molecule has 2 N–H and O–H groups in total. The molecule has 6 heteroatoms. The van der Waals surface area contributed by atoms with Crippen molar-refractivity contribution < 1.29 is 15.0 Å². The second-order valence-corrected chi connectivity index (χ2v) is 5.65. The highest BCUT2D eigenvalue weighted by molar-refractivity contribution is 6.65. The number of hydrogen-bond donors (Lipinski definition) is 2. The highest BCUT2D eigenvalue weighted by atomic mass is 16.6. The van der Waals surface area contributed by atoms with E-state index < -0.39 is 12.0 Å². The Kier molecular flexibility index (Phi) is 3.23. The van der Waals surface area contributed by atoms with E-state index in [1.165, 1.54) is 0 Å². The van der Waals surface area contributed by atoms with Crippen LogP contribution in [-0.2, 0) is 0 Å². The first-order chi connectivity index (χ1) is 11.6. The maximum absolute atomic E-state index is 11.7. The highest BCUT2D eigenvalue weighted by Crippen LogP contribution is 2.36. The smallest absolute Gasteiger partial charge is 0.423 e. The van der Waals surface area contributed by atoms with Gasteiger partial charge >= 0.3 is 7.12 Å². The zero-order chi connectivity index (χ0) is 16.8. The predicted molar refractivity (Wildman–Crippen MR) is 95.4 cm³/mol. The van der Waals surface area contributed by atoms with E-state index in [4.69, 9.17) is 0 Å². The van der Waals surface area contributed by atoms with Crippen molar-refractivity contribution in [2.24, 2.45) is 0 Å². The van der Waals surface area contributed by atoms with E-state index in [0.717, 1.165) is 21.5 Å². The van der Waals surface area contributed by atoms with Crippen molar-refractivity contribution in [1.82, 2.24) is 0 Å². The summed E-state index contributed by atoms with van der Waals surface area (Å²) in [5, 5.41) is 35.5. The summed E-state index contributed by atoms with van der Waals surface area (Å²) >= 11 is 0. The Balaban J connectivity index is 2.40. The molecule has 4 aromatic carbocycles. The van der Waals surface area contributed by atoms with Gasteiger partial charge in [-0.25, -0.2) is 0 Å². The monoisotopic (exact) mass is 317 g/mol. The second-order valence-electron chi connectivity index (χ2n) is 5.65. The summed E-state index contributed by atoms with van der Waals surface area (Å²) in [6.45, 7) is 0. The average Bonchev–Trinajstić information content (AvgIpc) is 2.59. The van der Waals surface area contributed by atoms with Crippen LogP contribution in [0.1, 0.15) is 0 Å². The number of rotatable bonds is 2. The highest BCUT2D eigenvalue weighted by Gasteiger charge is 2.30. The molecule has 0 aliphatic carbocycles. The zero-order valence-electron chi connectivity index (χ0n) is 12.5. The standard InChI is InChI=1S/C18H12BNO4/c21-19(22)17-14-8-4-3-7-13(14)16-12-6-2-1-5-11(12)9-10-15(16)18(17)20(23)24/h1-10,21-22H. The summed E-state index contributed by atoms with van der Waals surface area (Å²) in [6, 6.07) is 18.2. The summed E-state index contributed by atoms with van der Waals surface area (Å²) in [6.07, 6.45) is 0. The first kappa shape index (κ1) is 14.6. The lowest BCUT2D eigenvalue weighted by Gasteiger charge is -2.13. The Bertz CT molecular complexity index is 1120. The lowest BCUT2D eigenvalue weighted by Crippen LogP contribution is -2.33. The van der Waals surface area contributed by atoms with Gasteiger partial charge in [-0.3, -0.25) is 10.1 Å². The summed E-state index contributed by atoms with van der Waals surface area (Å²) < 4.78 is 0. The molecule has 4 aromatic rings. The van der Waals surface area contributed by atoms with Crippen LogP contribution in [0.15, 0.2) is 60.7 Å². The maximum Gasteiger partial charge on any atom is 0.496 e. The third-order valence-electron chi connectivity index (χ3n) is 4.37. The second kappa shape index (κ2) is 5.30. The summed E-state index contributed by atoms with van der Waals surface area (Å²) in [5.74, 6) is 0. The quantitative estimate of drug-likeness (QED) is 0.258. The molecule has 0 radical (unpaired) electrons. The molecular formula is C18H12BNO4. The third kappa shape index (κ3) is 1.97. The van der Waals surface area contributed by atoms with Crippen LogP contribution in [0.4, 0.5) is 5.69 Å². The van der Waals surface area contributed by atoms with Crippen LogP contribution in [-0.4, -0.2) is 22.1 Å². The van der Waals surface area contributed by atoms with Crippen molar-refractivity contribution >= 4 is 50.6 Å². The first-order valence-corrected chi connectivity index (χ1v) is 7.46. The molecule has 0 fully saturated rings. The van der Waals surface area contributed by atoms with Crippen LogP contribution in [0.25, 0.3) is 32.3 Å². The van der Waals surface area contributed by atoms with Gasteiger partial charge in [0, 0.05) is 5.39 Å². The fourth-order valence-corrected chi connectivity index (χ4v) is 3.43.